The second-order valence-corrected chi connectivity index (χ2v) is 8.74. The van der Waals surface area contributed by atoms with E-state index in [0.717, 1.165) is 53.2 Å². The molecule has 168 valence electrons. The smallest absolute Gasteiger partial charge is 0.230 e. The van der Waals surface area contributed by atoms with E-state index in [4.69, 9.17) is 16.7 Å². The number of carbonyl (C=O) groups excluding carboxylic acids is 1. The number of para-hydroxylation sites is 1. The van der Waals surface area contributed by atoms with Crippen molar-refractivity contribution in [1.29, 1.82) is 0 Å². The Morgan fingerprint density at radius 2 is 1.94 bits per heavy atom. The Balaban J connectivity index is 1.44. The third-order valence-electron chi connectivity index (χ3n) is 6.06. The summed E-state index contributed by atoms with van der Waals surface area (Å²) in [5.74, 6) is 0.968. The third kappa shape index (κ3) is 4.14. The molecule has 5 rings (SSSR count). The van der Waals surface area contributed by atoms with Crippen molar-refractivity contribution >= 4 is 40.0 Å². The minimum absolute atomic E-state index is 0.0585. The number of nitrogens with zero attached hydrogens (tertiary/aromatic N) is 6. The van der Waals surface area contributed by atoms with Gasteiger partial charge in [-0.25, -0.2) is 9.67 Å². The first-order valence-electron chi connectivity index (χ1n) is 11.0. The highest BCUT2D eigenvalue weighted by Gasteiger charge is 2.29. The average molecular weight is 462 g/mol. The van der Waals surface area contributed by atoms with E-state index in [1.807, 2.05) is 48.9 Å². The highest BCUT2D eigenvalue weighted by atomic mass is 35.5. The van der Waals surface area contributed by atoms with E-state index in [2.05, 4.69) is 25.4 Å². The Hall–Kier alpha value is -3.52. The van der Waals surface area contributed by atoms with Gasteiger partial charge in [0.1, 0.15) is 11.3 Å². The first kappa shape index (κ1) is 21.3. The summed E-state index contributed by atoms with van der Waals surface area (Å²) in [5, 5.41) is 18.3. The molecule has 4 heterocycles. The fraction of sp³-hybridized carbons (Fsp3) is 0.292. The summed E-state index contributed by atoms with van der Waals surface area (Å²) < 4.78 is 1.94. The number of aryl methyl sites for hydroxylation is 2. The van der Waals surface area contributed by atoms with Crippen molar-refractivity contribution in [2.24, 2.45) is 5.92 Å². The van der Waals surface area contributed by atoms with Crippen LogP contribution >= 0.6 is 11.6 Å². The summed E-state index contributed by atoms with van der Waals surface area (Å²) in [6.45, 7) is 5.34. The zero-order valence-corrected chi connectivity index (χ0v) is 19.3. The maximum Gasteiger partial charge on any atom is 0.230 e. The number of fused-ring (bicyclic) bond motifs is 1. The number of hydrogen-bond donors (Lipinski definition) is 1. The van der Waals surface area contributed by atoms with Crippen LogP contribution in [-0.4, -0.2) is 44.0 Å². The van der Waals surface area contributed by atoms with E-state index >= 15 is 0 Å². The Morgan fingerprint density at radius 3 is 2.70 bits per heavy atom. The van der Waals surface area contributed by atoms with E-state index in [1.165, 1.54) is 6.20 Å². The summed E-state index contributed by atoms with van der Waals surface area (Å²) in [5.41, 5.74) is 3.66. The van der Waals surface area contributed by atoms with Crippen LogP contribution in [0.3, 0.4) is 0 Å². The number of hydrogen-bond acceptors (Lipinski definition) is 6. The van der Waals surface area contributed by atoms with E-state index in [1.54, 1.807) is 12.1 Å². The van der Waals surface area contributed by atoms with Gasteiger partial charge in [0.05, 0.1) is 33.4 Å². The predicted octanol–water partition coefficient (Wildman–Crippen LogP) is 4.34. The lowest BCUT2D eigenvalue weighted by atomic mass is 9.97. The number of pyridine rings is 1. The minimum Gasteiger partial charge on any atom is -0.352 e. The van der Waals surface area contributed by atoms with E-state index < -0.39 is 0 Å². The second-order valence-electron chi connectivity index (χ2n) is 8.30. The Labute approximate surface area is 196 Å². The largest absolute Gasteiger partial charge is 0.352 e. The second kappa shape index (κ2) is 8.78. The normalized spacial score (nSPS) is 16.2. The Kier molecular flexibility index (Phi) is 5.68. The predicted molar refractivity (Wildman–Crippen MR) is 129 cm³/mol. The molecule has 1 aliphatic heterocycles. The summed E-state index contributed by atoms with van der Waals surface area (Å²) in [6, 6.07) is 13.4. The summed E-state index contributed by atoms with van der Waals surface area (Å²) >= 11 is 5.89. The van der Waals surface area contributed by atoms with Crippen molar-refractivity contribution in [2.45, 2.75) is 26.7 Å². The number of rotatable bonds is 4. The van der Waals surface area contributed by atoms with Gasteiger partial charge < -0.3 is 10.2 Å². The van der Waals surface area contributed by atoms with Gasteiger partial charge in [-0.3, -0.25) is 4.79 Å². The van der Waals surface area contributed by atoms with E-state index in [-0.39, 0.29) is 11.8 Å². The Bertz CT molecular complexity index is 1300. The van der Waals surface area contributed by atoms with Gasteiger partial charge in [0.2, 0.25) is 5.91 Å². The van der Waals surface area contributed by atoms with Crippen molar-refractivity contribution in [1.82, 2.24) is 25.0 Å². The highest BCUT2D eigenvalue weighted by Crippen LogP contribution is 2.31. The standard InChI is InChI=1S/C24H24ClN7O/c1-15-21-16(2)32(19-8-4-3-5-9-19)30-22(21)23(29-28-15)31-12-6-7-17(14-31)24(33)27-20-11-10-18(25)13-26-20/h3-5,8-11,13,17H,6-7,12,14H2,1-2H3,(H,26,27,33). The molecule has 9 heteroatoms. The molecule has 0 bridgehead atoms. The van der Waals surface area contributed by atoms with Crippen LogP contribution in [0.25, 0.3) is 16.6 Å². The Morgan fingerprint density at radius 1 is 1.12 bits per heavy atom. The van der Waals surface area contributed by atoms with Crippen LogP contribution in [0.4, 0.5) is 11.6 Å². The molecule has 1 aromatic carbocycles. The van der Waals surface area contributed by atoms with Gasteiger partial charge >= 0.3 is 0 Å². The number of anilines is 2. The maximum atomic E-state index is 12.9. The summed E-state index contributed by atoms with van der Waals surface area (Å²) in [7, 11) is 0. The van der Waals surface area contributed by atoms with Crippen LogP contribution in [0.1, 0.15) is 24.2 Å². The van der Waals surface area contributed by atoms with Gasteiger partial charge in [0.15, 0.2) is 5.82 Å². The zero-order chi connectivity index (χ0) is 22.9. The lowest BCUT2D eigenvalue weighted by Crippen LogP contribution is -2.41. The molecule has 3 aromatic heterocycles. The molecule has 1 saturated heterocycles. The first-order chi connectivity index (χ1) is 16.0. The van der Waals surface area contributed by atoms with Gasteiger partial charge in [-0.05, 0) is 51.0 Å². The fourth-order valence-electron chi connectivity index (χ4n) is 4.41. The van der Waals surface area contributed by atoms with Gasteiger partial charge in [0.25, 0.3) is 0 Å². The monoisotopic (exact) mass is 461 g/mol. The van der Waals surface area contributed by atoms with Crippen LogP contribution in [0, 0.1) is 19.8 Å². The molecule has 1 atom stereocenters. The molecule has 0 saturated carbocycles. The molecule has 33 heavy (non-hydrogen) atoms. The summed E-state index contributed by atoms with van der Waals surface area (Å²) in [4.78, 5) is 19.2. The van der Waals surface area contributed by atoms with Crippen LogP contribution in [0.15, 0.2) is 48.7 Å². The van der Waals surface area contributed by atoms with Crippen molar-refractivity contribution in [3.63, 3.8) is 0 Å². The van der Waals surface area contributed by atoms with Crippen molar-refractivity contribution in [3.05, 3.63) is 65.1 Å². The van der Waals surface area contributed by atoms with Gasteiger partial charge in [-0.1, -0.05) is 29.8 Å². The molecule has 0 radical (unpaired) electrons. The lowest BCUT2D eigenvalue weighted by molar-refractivity contribution is -0.120. The van der Waals surface area contributed by atoms with Crippen LogP contribution < -0.4 is 10.2 Å². The average Bonchev–Trinajstić information content (AvgIpc) is 3.19. The van der Waals surface area contributed by atoms with Crippen molar-refractivity contribution in [3.8, 4) is 5.69 Å². The molecular formula is C24H24ClN7O. The third-order valence-corrected chi connectivity index (χ3v) is 6.28. The maximum absolute atomic E-state index is 12.9. The number of aromatic nitrogens is 5. The number of benzene rings is 1. The number of amides is 1. The van der Waals surface area contributed by atoms with Gasteiger partial charge in [-0.2, -0.15) is 10.2 Å². The summed E-state index contributed by atoms with van der Waals surface area (Å²) in [6.07, 6.45) is 3.20. The number of halogens is 1. The first-order valence-corrected chi connectivity index (χ1v) is 11.3. The number of carbonyl (C=O) groups is 1. The molecule has 1 fully saturated rings. The van der Waals surface area contributed by atoms with Crippen LogP contribution in [-0.2, 0) is 4.79 Å². The molecule has 8 nitrogen and oxygen atoms in total. The lowest BCUT2D eigenvalue weighted by Gasteiger charge is -2.32. The van der Waals surface area contributed by atoms with E-state index in [9.17, 15) is 4.79 Å². The van der Waals surface area contributed by atoms with Gasteiger partial charge in [0, 0.05) is 19.3 Å². The van der Waals surface area contributed by atoms with E-state index in [0.29, 0.717) is 17.4 Å². The molecule has 4 aromatic rings. The molecule has 0 aliphatic carbocycles. The van der Waals surface area contributed by atoms with Crippen molar-refractivity contribution in [2.75, 3.05) is 23.3 Å². The molecular weight excluding hydrogens is 438 g/mol. The number of piperidine rings is 1. The molecule has 1 N–H and O–H groups in total. The van der Waals surface area contributed by atoms with Crippen molar-refractivity contribution < 1.29 is 4.79 Å². The topological polar surface area (TPSA) is 88.8 Å². The zero-order valence-electron chi connectivity index (χ0n) is 18.5. The molecule has 0 spiro atoms. The van der Waals surface area contributed by atoms with Crippen LogP contribution in [0.2, 0.25) is 5.02 Å². The fourth-order valence-corrected chi connectivity index (χ4v) is 4.52. The number of nitrogens with one attached hydrogen (secondary N) is 1. The highest BCUT2D eigenvalue weighted by molar-refractivity contribution is 6.30. The quantitative estimate of drug-likeness (QED) is 0.486. The van der Waals surface area contributed by atoms with Gasteiger partial charge in [-0.15, -0.1) is 5.10 Å². The molecule has 1 aliphatic rings. The molecule has 1 unspecified atom stereocenters. The van der Waals surface area contributed by atoms with Crippen LogP contribution in [0.5, 0.6) is 0 Å². The SMILES string of the molecule is Cc1nnc(N2CCCC(C(=O)Nc3ccc(Cl)cn3)C2)c2nn(-c3ccccc3)c(C)c12. The minimum atomic E-state index is -0.188. The molecule has 1 amide bonds.